The molecule has 3 heteroatoms. The molecule has 3 nitrogen and oxygen atoms in total. The van der Waals surface area contributed by atoms with Gasteiger partial charge in [0.15, 0.2) is 0 Å². The standard InChI is InChI=1S/C13H25N3/c1-5-7-9-16(4)10-8-13(14)15-11-12(3)6-2/h11,14H,3,5-10H2,1-2,4H3. The van der Waals surface area contributed by atoms with Crippen LogP contribution in [0.15, 0.2) is 17.1 Å². The number of rotatable bonds is 8. The van der Waals surface area contributed by atoms with E-state index in [1.165, 1.54) is 12.8 Å². The first kappa shape index (κ1) is 15.0. The van der Waals surface area contributed by atoms with E-state index in [0.29, 0.717) is 12.3 Å². The summed E-state index contributed by atoms with van der Waals surface area (Å²) in [7, 11) is 2.09. The van der Waals surface area contributed by atoms with Crippen LogP contribution in [0.4, 0.5) is 0 Å². The summed E-state index contributed by atoms with van der Waals surface area (Å²) in [6.07, 6.45) is 5.76. The lowest BCUT2D eigenvalue weighted by atomic mass is 10.2. The van der Waals surface area contributed by atoms with Crippen LogP contribution in [0, 0.1) is 5.41 Å². The van der Waals surface area contributed by atoms with E-state index in [-0.39, 0.29) is 0 Å². The number of hydrogen-bond donors (Lipinski definition) is 1. The maximum absolute atomic E-state index is 7.66. The summed E-state index contributed by atoms with van der Waals surface area (Å²) < 4.78 is 0. The highest BCUT2D eigenvalue weighted by atomic mass is 15.1. The highest BCUT2D eigenvalue weighted by Crippen LogP contribution is 1.96. The van der Waals surface area contributed by atoms with E-state index in [1.807, 2.05) is 6.92 Å². The topological polar surface area (TPSA) is 39.5 Å². The minimum Gasteiger partial charge on any atom is -0.306 e. The molecule has 0 heterocycles. The number of aliphatic imine (C=N–C) groups is 1. The molecule has 0 aliphatic heterocycles. The Balaban J connectivity index is 3.72. The average Bonchev–Trinajstić information content (AvgIpc) is 2.30. The molecule has 0 unspecified atom stereocenters. The summed E-state index contributed by atoms with van der Waals surface area (Å²) in [6.45, 7) is 10.1. The normalized spacial score (nSPS) is 11.2. The third-order valence-corrected chi connectivity index (χ3v) is 2.48. The maximum atomic E-state index is 7.66. The van der Waals surface area contributed by atoms with Crippen LogP contribution in [-0.2, 0) is 0 Å². The smallest absolute Gasteiger partial charge is 0.121 e. The van der Waals surface area contributed by atoms with Gasteiger partial charge in [0.1, 0.15) is 5.84 Å². The molecule has 0 rings (SSSR count). The maximum Gasteiger partial charge on any atom is 0.121 e. The Labute approximate surface area is 99.8 Å². The molecule has 1 N–H and O–H groups in total. The van der Waals surface area contributed by atoms with Gasteiger partial charge in [-0.25, -0.2) is 4.99 Å². The van der Waals surface area contributed by atoms with Gasteiger partial charge in [-0.1, -0.05) is 26.8 Å². The minimum absolute atomic E-state index is 0.443. The van der Waals surface area contributed by atoms with Crippen molar-refractivity contribution in [1.29, 1.82) is 5.41 Å². The molecular weight excluding hydrogens is 198 g/mol. The number of amidine groups is 1. The minimum atomic E-state index is 0.443. The van der Waals surface area contributed by atoms with Crippen molar-refractivity contribution in [2.45, 2.75) is 39.5 Å². The summed E-state index contributed by atoms with van der Waals surface area (Å²) >= 11 is 0. The fourth-order valence-corrected chi connectivity index (χ4v) is 1.16. The molecule has 0 aromatic carbocycles. The lowest BCUT2D eigenvalue weighted by Crippen LogP contribution is -2.22. The molecule has 92 valence electrons. The molecule has 0 amide bonds. The van der Waals surface area contributed by atoms with Crippen molar-refractivity contribution < 1.29 is 0 Å². The zero-order valence-corrected chi connectivity index (χ0v) is 10.9. The third-order valence-electron chi connectivity index (χ3n) is 2.48. The summed E-state index contributed by atoms with van der Waals surface area (Å²) in [5, 5.41) is 7.66. The van der Waals surface area contributed by atoms with Crippen molar-refractivity contribution in [3.05, 3.63) is 12.2 Å². The zero-order valence-electron chi connectivity index (χ0n) is 10.9. The van der Waals surface area contributed by atoms with Crippen LogP contribution in [0.3, 0.4) is 0 Å². The largest absolute Gasteiger partial charge is 0.306 e. The molecule has 0 aliphatic rings. The monoisotopic (exact) mass is 223 g/mol. The lowest BCUT2D eigenvalue weighted by molar-refractivity contribution is 0.337. The molecule has 0 bridgehead atoms. The van der Waals surface area contributed by atoms with Gasteiger partial charge in [0, 0.05) is 19.2 Å². The number of nitrogens with one attached hydrogen (secondary N) is 1. The summed E-state index contributed by atoms with van der Waals surface area (Å²) in [5.41, 5.74) is 0.976. The van der Waals surface area contributed by atoms with E-state index in [2.05, 4.69) is 30.4 Å². The van der Waals surface area contributed by atoms with Gasteiger partial charge in [0.2, 0.25) is 0 Å². The van der Waals surface area contributed by atoms with E-state index in [1.54, 1.807) is 6.21 Å². The van der Waals surface area contributed by atoms with Crippen molar-refractivity contribution in [2.24, 2.45) is 4.99 Å². The molecule has 16 heavy (non-hydrogen) atoms. The first-order valence-electron chi connectivity index (χ1n) is 6.08. The third kappa shape index (κ3) is 8.36. The Kier molecular flexibility index (Phi) is 8.72. The van der Waals surface area contributed by atoms with E-state index in [9.17, 15) is 0 Å². The fourth-order valence-electron chi connectivity index (χ4n) is 1.16. The van der Waals surface area contributed by atoms with Crippen LogP contribution in [0.2, 0.25) is 0 Å². The molecule has 0 aromatic heterocycles. The molecule has 0 fully saturated rings. The van der Waals surface area contributed by atoms with Crippen molar-refractivity contribution in [1.82, 2.24) is 4.90 Å². The van der Waals surface area contributed by atoms with Crippen LogP contribution in [-0.4, -0.2) is 37.1 Å². The summed E-state index contributed by atoms with van der Waals surface area (Å²) in [6, 6.07) is 0. The van der Waals surface area contributed by atoms with Crippen molar-refractivity contribution >= 4 is 12.1 Å². The average molecular weight is 223 g/mol. The van der Waals surface area contributed by atoms with Crippen LogP contribution in [0.25, 0.3) is 0 Å². The van der Waals surface area contributed by atoms with Gasteiger partial charge in [-0.05, 0) is 32.0 Å². The SMILES string of the molecule is C=C(C=NC(=N)CCN(C)CCCC)CC. The highest BCUT2D eigenvalue weighted by molar-refractivity contribution is 5.92. The quantitative estimate of drug-likeness (QED) is 0.498. The Morgan fingerprint density at radius 1 is 1.38 bits per heavy atom. The second-order valence-corrected chi connectivity index (χ2v) is 4.12. The van der Waals surface area contributed by atoms with Crippen molar-refractivity contribution in [2.75, 3.05) is 20.1 Å². The molecule has 0 saturated heterocycles. The Morgan fingerprint density at radius 3 is 2.62 bits per heavy atom. The second-order valence-electron chi connectivity index (χ2n) is 4.12. The van der Waals surface area contributed by atoms with Crippen LogP contribution in [0.1, 0.15) is 39.5 Å². The molecule has 0 radical (unpaired) electrons. The van der Waals surface area contributed by atoms with Crippen LogP contribution >= 0.6 is 0 Å². The molecular formula is C13H25N3. The number of nitrogens with zero attached hydrogens (tertiary/aromatic N) is 2. The van der Waals surface area contributed by atoms with Gasteiger partial charge >= 0.3 is 0 Å². The van der Waals surface area contributed by atoms with Gasteiger partial charge in [0.25, 0.3) is 0 Å². The van der Waals surface area contributed by atoms with Gasteiger partial charge in [-0.2, -0.15) is 0 Å². The molecule has 0 aromatic rings. The zero-order chi connectivity index (χ0) is 12.4. The second kappa shape index (κ2) is 9.28. The Hall–Kier alpha value is -0.960. The summed E-state index contributed by atoms with van der Waals surface area (Å²) in [5.74, 6) is 0.443. The molecule has 0 saturated carbocycles. The molecule has 0 atom stereocenters. The predicted molar refractivity (Wildman–Crippen MR) is 72.7 cm³/mol. The number of allylic oxidation sites excluding steroid dienone is 1. The Morgan fingerprint density at radius 2 is 2.06 bits per heavy atom. The molecule has 0 spiro atoms. The van der Waals surface area contributed by atoms with E-state index >= 15 is 0 Å². The molecule has 0 aliphatic carbocycles. The predicted octanol–water partition coefficient (Wildman–Crippen LogP) is 3.12. The van der Waals surface area contributed by atoms with E-state index in [0.717, 1.165) is 25.1 Å². The van der Waals surface area contributed by atoms with Gasteiger partial charge in [0.05, 0.1) is 0 Å². The van der Waals surface area contributed by atoms with Crippen LogP contribution < -0.4 is 0 Å². The van der Waals surface area contributed by atoms with E-state index in [4.69, 9.17) is 5.41 Å². The highest BCUT2D eigenvalue weighted by Gasteiger charge is 1.99. The number of hydrogen-bond acceptors (Lipinski definition) is 2. The number of unbranched alkanes of at least 4 members (excludes halogenated alkanes) is 1. The van der Waals surface area contributed by atoms with Crippen LogP contribution in [0.5, 0.6) is 0 Å². The first-order valence-corrected chi connectivity index (χ1v) is 6.08. The Bertz CT molecular complexity index is 244. The summed E-state index contributed by atoms with van der Waals surface area (Å²) in [4.78, 5) is 6.33. The lowest BCUT2D eigenvalue weighted by Gasteiger charge is -2.14. The van der Waals surface area contributed by atoms with Gasteiger partial charge < -0.3 is 4.90 Å². The van der Waals surface area contributed by atoms with Gasteiger partial charge in [-0.3, -0.25) is 5.41 Å². The van der Waals surface area contributed by atoms with Gasteiger partial charge in [-0.15, -0.1) is 0 Å². The first-order chi connectivity index (χ1) is 7.60. The van der Waals surface area contributed by atoms with Crippen molar-refractivity contribution in [3.63, 3.8) is 0 Å². The van der Waals surface area contributed by atoms with Crippen molar-refractivity contribution in [3.8, 4) is 0 Å². The fraction of sp³-hybridized carbons (Fsp3) is 0.692. The van der Waals surface area contributed by atoms with E-state index < -0.39 is 0 Å².